The summed E-state index contributed by atoms with van der Waals surface area (Å²) >= 11 is 0. The predicted molar refractivity (Wildman–Crippen MR) is 100 cm³/mol. The summed E-state index contributed by atoms with van der Waals surface area (Å²) in [6.45, 7) is 0.417. The Bertz CT molecular complexity index is 930. The molecule has 0 N–H and O–H groups in total. The molecule has 0 saturated carbocycles. The average Bonchev–Trinajstić information content (AvgIpc) is 2.72. The van der Waals surface area contributed by atoms with E-state index in [4.69, 9.17) is 14.2 Å². The molecule has 0 spiro atoms. The predicted octanol–water partition coefficient (Wildman–Crippen LogP) is 4.82. The molecule has 0 aliphatic rings. The van der Waals surface area contributed by atoms with Gasteiger partial charge in [0.05, 0.1) is 19.8 Å². The standard InChI is InChI=1S/C22H19NO3/c1-24-19-9-10-20(22(13-19)25-2)17-8-11-21(18(12-17)14-23)26-15-16-6-4-3-5-7-16/h3-13H,15H2,1-2H3. The largest absolute Gasteiger partial charge is 0.497 e. The average molecular weight is 345 g/mol. The van der Waals surface area contributed by atoms with Crippen molar-refractivity contribution in [1.82, 2.24) is 0 Å². The molecule has 4 nitrogen and oxygen atoms in total. The fourth-order valence-electron chi connectivity index (χ4n) is 2.68. The number of hydrogen-bond donors (Lipinski definition) is 0. The van der Waals surface area contributed by atoms with Crippen LogP contribution in [0.15, 0.2) is 66.7 Å². The van der Waals surface area contributed by atoms with E-state index in [2.05, 4.69) is 6.07 Å². The molecule has 0 radical (unpaired) electrons. The van der Waals surface area contributed by atoms with Gasteiger partial charge in [0.15, 0.2) is 0 Å². The van der Waals surface area contributed by atoms with Crippen LogP contribution in [-0.2, 0) is 6.61 Å². The van der Waals surface area contributed by atoms with Crippen LogP contribution in [0.4, 0.5) is 0 Å². The SMILES string of the molecule is COc1ccc(-c2ccc(OCc3ccccc3)c(C#N)c2)c(OC)c1. The number of benzene rings is 3. The van der Waals surface area contributed by atoms with E-state index in [-0.39, 0.29) is 0 Å². The lowest BCUT2D eigenvalue weighted by atomic mass is 10.0. The van der Waals surface area contributed by atoms with Crippen molar-refractivity contribution in [1.29, 1.82) is 5.26 Å². The molecule has 130 valence electrons. The van der Waals surface area contributed by atoms with Gasteiger partial charge < -0.3 is 14.2 Å². The third kappa shape index (κ3) is 3.79. The quantitative estimate of drug-likeness (QED) is 0.642. The van der Waals surface area contributed by atoms with Crippen LogP contribution in [-0.4, -0.2) is 14.2 Å². The first kappa shape index (κ1) is 17.4. The van der Waals surface area contributed by atoms with Gasteiger partial charge in [0.1, 0.15) is 29.9 Å². The minimum Gasteiger partial charge on any atom is -0.497 e. The normalized spacial score (nSPS) is 10.0. The van der Waals surface area contributed by atoms with Crippen molar-refractivity contribution in [2.45, 2.75) is 6.61 Å². The molecule has 0 amide bonds. The topological polar surface area (TPSA) is 51.5 Å². The van der Waals surface area contributed by atoms with Gasteiger partial charge in [-0.05, 0) is 35.4 Å². The van der Waals surface area contributed by atoms with E-state index >= 15 is 0 Å². The third-order valence-corrected chi connectivity index (χ3v) is 4.06. The Labute approximate surface area is 153 Å². The molecular formula is C22H19NO3. The van der Waals surface area contributed by atoms with Crippen LogP contribution in [0, 0.1) is 11.3 Å². The molecule has 4 heteroatoms. The smallest absolute Gasteiger partial charge is 0.137 e. The van der Waals surface area contributed by atoms with Gasteiger partial charge in [0.2, 0.25) is 0 Å². The fourth-order valence-corrected chi connectivity index (χ4v) is 2.68. The summed E-state index contributed by atoms with van der Waals surface area (Å²) in [5.41, 5.74) is 3.31. The summed E-state index contributed by atoms with van der Waals surface area (Å²) in [7, 11) is 3.22. The van der Waals surface area contributed by atoms with E-state index < -0.39 is 0 Å². The van der Waals surface area contributed by atoms with Crippen molar-refractivity contribution < 1.29 is 14.2 Å². The molecular weight excluding hydrogens is 326 g/mol. The maximum Gasteiger partial charge on any atom is 0.137 e. The summed E-state index contributed by atoms with van der Waals surface area (Å²) in [6, 6.07) is 23.2. The minimum atomic E-state index is 0.417. The van der Waals surface area contributed by atoms with E-state index in [1.807, 2.05) is 66.7 Å². The monoisotopic (exact) mass is 345 g/mol. The molecule has 0 unspecified atom stereocenters. The summed E-state index contributed by atoms with van der Waals surface area (Å²) < 4.78 is 16.5. The number of nitriles is 1. The zero-order chi connectivity index (χ0) is 18.4. The highest BCUT2D eigenvalue weighted by atomic mass is 16.5. The number of hydrogen-bond acceptors (Lipinski definition) is 4. The van der Waals surface area contributed by atoms with Crippen LogP contribution >= 0.6 is 0 Å². The molecule has 0 bridgehead atoms. The van der Waals surface area contributed by atoms with Crippen molar-refractivity contribution in [2.75, 3.05) is 14.2 Å². The van der Waals surface area contributed by atoms with Crippen LogP contribution < -0.4 is 14.2 Å². The molecule has 3 rings (SSSR count). The zero-order valence-corrected chi connectivity index (χ0v) is 14.7. The first-order valence-corrected chi connectivity index (χ1v) is 8.18. The molecule has 0 atom stereocenters. The van der Waals surface area contributed by atoms with Crippen molar-refractivity contribution in [3.05, 3.63) is 77.9 Å². The summed E-state index contributed by atoms with van der Waals surface area (Å²) in [5.74, 6) is 1.97. The Morgan fingerprint density at radius 2 is 1.65 bits per heavy atom. The Kier molecular flexibility index (Phi) is 5.40. The highest BCUT2D eigenvalue weighted by molar-refractivity contribution is 5.73. The molecule has 0 aliphatic carbocycles. The van der Waals surface area contributed by atoms with Gasteiger partial charge >= 0.3 is 0 Å². The van der Waals surface area contributed by atoms with Crippen molar-refractivity contribution in [3.8, 4) is 34.4 Å². The molecule has 0 aliphatic heterocycles. The fraction of sp³-hybridized carbons (Fsp3) is 0.136. The molecule has 0 saturated heterocycles. The van der Waals surface area contributed by atoms with E-state index in [0.717, 1.165) is 16.7 Å². The van der Waals surface area contributed by atoms with Crippen molar-refractivity contribution >= 4 is 0 Å². The second-order valence-electron chi connectivity index (χ2n) is 5.66. The third-order valence-electron chi connectivity index (χ3n) is 4.06. The Morgan fingerprint density at radius 3 is 2.35 bits per heavy atom. The summed E-state index contributed by atoms with van der Waals surface area (Å²) in [5, 5.41) is 9.51. The number of methoxy groups -OCH3 is 2. The Balaban J connectivity index is 1.88. The zero-order valence-electron chi connectivity index (χ0n) is 14.7. The first-order valence-electron chi connectivity index (χ1n) is 8.18. The molecule has 0 fully saturated rings. The van der Waals surface area contributed by atoms with Crippen LogP contribution in [0.1, 0.15) is 11.1 Å². The maximum atomic E-state index is 9.51. The first-order chi connectivity index (χ1) is 12.7. The van der Waals surface area contributed by atoms with Gasteiger partial charge in [-0.15, -0.1) is 0 Å². The van der Waals surface area contributed by atoms with Gasteiger partial charge in [-0.3, -0.25) is 0 Å². The Hall–Kier alpha value is -3.45. The lowest BCUT2D eigenvalue weighted by Crippen LogP contribution is -1.97. The highest BCUT2D eigenvalue weighted by Crippen LogP contribution is 2.35. The lowest BCUT2D eigenvalue weighted by Gasteiger charge is -2.13. The van der Waals surface area contributed by atoms with Gasteiger partial charge in [-0.25, -0.2) is 0 Å². The summed E-state index contributed by atoms with van der Waals surface area (Å²) in [6.07, 6.45) is 0. The Morgan fingerprint density at radius 1 is 0.846 bits per heavy atom. The van der Waals surface area contributed by atoms with E-state index in [1.165, 1.54) is 0 Å². The van der Waals surface area contributed by atoms with Crippen molar-refractivity contribution in [2.24, 2.45) is 0 Å². The van der Waals surface area contributed by atoms with Gasteiger partial charge in [-0.2, -0.15) is 5.26 Å². The van der Waals surface area contributed by atoms with E-state index in [0.29, 0.717) is 29.4 Å². The lowest BCUT2D eigenvalue weighted by molar-refractivity contribution is 0.305. The van der Waals surface area contributed by atoms with Gasteiger partial charge in [0, 0.05) is 11.6 Å². The number of ether oxygens (including phenoxy) is 3. The van der Waals surface area contributed by atoms with E-state index in [1.54, 1.807) is 14.2 Å². The van der Waals surface area contributed by atoms with Crippen LogP contribution in [0.3, 0.4) is 0 Å². The van der Waals surface area contributed by atoms with Crippen LogP contribution in [0.2, 0.25) is 0 Å². The molecule has 0 heterocycles. The second-order valence-corrected chi connectivity index (χ2v) is 5.66. The van der Waals surface area contributed by atoms with Gasteiger partial charge in [-0.1, -0.05) is 36.4 Å². The highest BCUT2D eigenvalue weighted by Gasteiger charge is 2.11. The molecule has 3 aromatic carbocycles. The molecule has 0 aromatic heterocycles. The van der Waals surface area contributed by atoms with Gasteiger partial charge in [0.25, 0.3) is 0 Å². The van der Waals surface area contributed by atoms with E-state index in [9.17, 15) is 5.26 Å². The number of nitrogens with zero attached hydrogens (tertiary/aromatic N) is 1. The van der Waals surface area contributed by atoms with Crippen molar-refractivity contribution in [3.63, 3.8) is 0 Å². The molecule has 26 heavy (non-hydrogen) atoms. The summed E-state index contributed by atoms with van der Waals surface area (Å²) in [4.78, 5) is 0. The van der Waals surface area contributed by atoms with Crippen LogP contribution in [0.25, 0.3) is 11.1 Å². The van der Waals surface area contributed by atoms with Crippen LogP contribution in [0.5, 0.6) is 17.2 Å². The molecule has 3 aromatic rings. The number of rotatable bonds is 6. The second kappa shape index (κ2) is 8.09. The maximum absolute atomic E-state index is 9.51. The minimum absolute atomic E-state index is 0.417.